The predicted octanol–water partition coefficient (Wildman–Crippen LogP) is 3.01. The molecule has 0 unspecified atom stereocenters. The fourth-order valence-electron chi connectivity index (χ4n) is 1.58. The van der Waals surface area contributed by atoms with Gasteiger partial charge in [0.05, 0.1) is 6.61 Å². The van der Waals surface area contributed by atoms with Gasteiger partial charge < -0.3 is 10.4 Å². The Morgan fingerprint density at radius 1 is 1.44 bits per heavy atom. The molecule has 2 nitrogen and oxygen atoms in total. The Bertz CT molecular complexity index is 398. The highest BCUT2D eigenvalue weighted by atomic mass is 79.9. The number of nitrogens with one attached hydrogen (secondary N) is 1. The quantitative estimate of drug-likeness (QED) is 0.894. The number of aliphatic hydroxyl groups excluding tert-OH is 1. The highest BCUT2D eigenvalue weighted by Gasteiger charge is 2.56. The fourth-order valence-corrected chi connectivity index (χ4v) is 2.12. The summed E-state index contributed by atoms with van der Waals surface area (Å²) in [5, 5.41) is 11.9. The van der Waals surface area contributed by atoms with Gasteiger partial charge in [-0.25, -0.2) is 8.78 Å². The van der Waals surface area contributed by atoms with E-state index in [9.17, 15) is 8.78 Å². The van der Waals surface area contributed by atoms with E-state index in [-0.39, 0.29) is 19.6 Å². The van der Waals surface area contributed by atoms with Crippen molar-refractivity contribution in [1.82, 2.24) is 0 Å². The number of benzene rings is 1. The SMILES string of the molecule is OCc1cc(Br)cc(NC[C@H]2CC2(F)F)c1. The van der Waals surface area contributed by atoms with Gasteiger partial charge in [0.15, 0.2) is 0 Å². The monoisotopic (exact) mass is 291 g/mol. The maximum absolute atomic E-state index is 12.6. The van der Waals surface area contributed by atoms with Crippen molar-refractivity contribution in [3.63, 3.8) is 0 Å². The molecule has 1 fully saturated rings. The van der Waals surface area contributed by atoms with Crippen molar-refractivity contribution in [3.05, 3.63) is 28.2 Å². The van der Waals surface area contributed by atoms with Crippen LogP contribution >= 0.6 is 15.9 Å². The van der Waals surface area contributed by atoms with Crippen LogP contribution in [-0.4, -0.2) is 17.6 Å². The number of alkyl halides is 2. The molecule has 88 valence electrons. The van der Waals surface area contributed by atoms with Gasteiger partial charge in [0.25, 0.3) is 5.92 Å². The van der Waals surface area contributed by atoms with Gasteiger partial charge in [-0.05, 0) is 23.8 Å². The van der Waals surface area contributed by atoms with Crippen LogP contribution in [0, 0.1) is 5.92 Å². The molecule has 1 aromatic rings. The molecule has 0 amide bonds. The molecule has 1 saturated carbocycles. The van der Waals surface area contributed by atoms with E-state index in [1.54, 1.807) is 18.2 Å². The summed E-state index contributed by atoms with van der Waals surface area (Å²) in [6.45, 7) is 0.210. The molecular formula is C11H12BrF2NO. The molecule has 0 bridgehead atoms. The summed E-state index contributed by atoms with van der Waals surface area (Å²) in [4.78, 5) is 0. The average Bonchev–Trinajstić information content (AvgIpc) is 2.83. The zero-order valence-corrected chi connectivity index (χ0v) is 10.1. The first-order valence-electron chi connectivity index (χ1n) is 5.03. The van der Waals surface area contributed by atoms with Crippen LogP contribution in [0.25, 0.3) is 0 Å². The van der Waals surface area contributed by atoms with Crippen molar-refractivity contribution in [3.8, 4) is 0 Å². The number of rotatable bonds is 4. The lowest BCUT2D eigenvalue weighted by Gasteiger charge is -2.08. The molecule has 1 atom stereocenters. The molecule has 0 saturated heterocycles. The molecule has 0 heterocycles. The molecular weight excluding hydrogens is 280 g/mol. The molecule has 0 radical (unpaired) electrons. The molecule has 0 spiro atoms. The Labute approximate surface area is 101 Å². The van der Waals surface area contributed by atoms with Gasteiger partial charge in [-0.2, -0.15) is 0 Å². The third-order valence-electron chi connectivity index (χ3n) is 2.65. The summed E-state index contributed by atoms with van der Waals surface area (Å²) in [5.41, 5.74) is 1.50. The predicted molar refractivity (Wildman–Crippen MR) is 61.6 cm³/mol. The van der Waals surface area contributed by atoms with Gasteiger partial charge in [-0.3, -0.25) is 0 Å². The first kappa shape index (κ1) is 11.8. The van der Waals surface area contributed by atoms with Gasteiger partial charge in [0.2, 0.25) is 0 Å². The summed E-state index contributed by atoms with van der Waals surface area (Å²) in [5.74, 6) is -3.04. The van der Waals surface area contributed by atoms with Crippen molar-refractivity contribution >= 4 is 21.6 Å². The Hall–Kier alpha value is -0.680. The van der Waals surface area contributed by atoms with Crippen LogP contribution in [0.3, 0.4) is 0 Å². The van der Waals surface area contributed by atoms with Crippen LogP contribution in [0.15, 0.2) is 22.7 Å². The van der Waals surface area contributed by atoms with Crippen LogP contribution in [-0.2, 0) is 6.61 Å². The van der Waals surface area contributed by atoms with Crippen LogP contribution in [0.4, 0.5) is 14.5 Å². The van der Waals surface area contributed by atoms with Crippen LogP contribution in [0.2, 0.25) is 0 Å². The smallest absolute Gasteiger partial charge is 0.253 e. The van der Waals surface area contributed by atoms with Crippen molar-refractivity contribution in [2.75, 3.05) is 11.9 Å². The van der Waals surface area contributed by atoms with E-state index in [2.05, 4.69) is 21.2 Å². The third kappa shape index (κ3) is 2.71. The lowest BCUT2D eigenvalue weighted by Crippen LogP contribution is -2.08. The first-order chi connectivity index (χ1) is 7.51. The van der Waals surface area contributed by atoms with Crippen molar-refractivity contribution in [1.29, 1.82) is 0 Å². The zero-order chi connectivity index (χ0) is 11.8. The van der Waals surface area contributed by atoms with E-state index >= 15 is 0 Å². The van der Waals surface area contributed by atoms with Crippen molar-refractivity contribution in [2.24, 2.45) is 5.92 Å². The van der Waals surface area contributed by atoms with E-state index in [0.29, 0.717) is 0 Å². The topological polar surface area (TPSA) is 32.3 Å². The van der Waals surface area contributed by atoms with Gasteiger partial charge in [-0.1, -0.05) is 15.9 Å². The largest absolute Gasteiger partial charge is 0.392 e. The lowest BCUT2D eigenvalue weighted by atomic mass is 10.2. The van der Waals surface area contributed by atoms with Crippen LogP contribution in [0.5, 0.6) is 0 Å². The molecule has 1 aromatic carbocycles. The number of anilines is 1. The minimum absolute atomic E-state index is 0.0269. The van der Waals surface area contributed by atoms with E-state index < -0.39 is 11.8 Å². The Morgan fingerprint density at radius 3 is 2.69 bits per heavy atom. The van der Waals surface area contributed by atoms with Crippen molar-refractivity contribution < 1.29 is 13.9 Å². The molecule has 1 aliphatic rings. The second-order valence-corrected chi connectivity index (χ2v) is 4.96. The molecule has 2 rings (SSSR count). The second-order valence-electron chi connectivity index (χ2n) is 4.05. The molecule has 0 aromatic heterocycles. The number of hydrogen-bond donors (Lipinski definition) is 2. The first-order valence-corrected chi connectivity index (χ1v) is 5.82. The standard InChI is InChI=1S/C11H12BrF2NO/c12-9-1-7(6-16)2-10(3-9)15-5-8-4-11(8,13)14/h1-3,8,15-16H,4-6H2/t8-/m1/s1. The molecule has 0 aliphatic heterocycles. The maximum Gasteiger partial charge on any atom is 0.253 e. The second kappa shape index (κ2) is 4.30. The maximum atomic E-state index is 12.6. The summed E-state index contributed by atoms with van der Waals surface area (Å²) >= 11 is 3.30. The Morgan fingerprint density at radius 2 is 2.12 bits per heavy atom. The Kier molecular flexibility index (Phi) is 3.17. The number of aliphatic hydroxyl groups is 1. The molecule has 5 heteroatoms. The average molecular weight is 292 g/mol. The number of hydrogen-bond acceptors (Lipinski definition) is 2. The third-order valence-corrected chi connectivity index (χ3v) is 3.11. The minimum Gasteiger partial charge on any atom is -0.392 e. The number of halogens is 3. The molecule has 2 N–H and O–H groups in total. The summed E-state index contributed by atoms with van der Waals surface area (Å²) in [6.07, 6.45) is -0.0269. The highest BCUT2D eigenvalue weighted by Crippen LogP contribution is 2.48. The van der Waals surface area contributed by atoms with Crippen LogP contribution < -0.4 is 5.32 Å². The zero-order valence-electron chi connectivity index (χ0n) is 8.51. The van der Waals surface area contributed by atoms with Crippen LogP contribution in [0.1, 0.15) is 12.0 Å². The summed E-state index contributed by atoms with van der Waals surface area (Å²) in [7, 11) is 0. The highest BCUT2D eigenvalue weighted by molar-refractivity contribution is 9.10. The molecule has 16 heavy (non-hydrogen) atoms. The van der Waals surface area contributed by atoms with E-state index in [1.807, 2.05) is 0 Å². The Balaban J connectivity index is 1.96. The van der Waals surface area contributed by atoms with Gasteiger partial charge >= 0.3 is 0 Å². The van der Waals surface area contributed by atoms with Crippen molar-refractivity contribution in [2.45, 2.75) is 19.0 Å². The lowest BCUT2D eigenvalue weighted by molar-refractivity contribution is 0.101. The van der Waals surface area contributed by atoms with Gasteiger partial charge in [0.1, 0.15) is 0 Å². The van der Waals surface area contributed by atoms with E-state index in [4.69, 9.17) is 5.11 Å². The van der Waals surface area contributed by atoms with E-state index in [0.717, 1.165) is 15.7 Å². The summed E-state index contributed by atoms with van der Waals surface area (Å²) in [6, 6.07) is 5.35. The minimum atomic E-state index is -2.49. The summed E-state index contributed by atoms with van der Waals surface area (Å²) < 4.78 is 26.1. The van der Waals surface area contributed by atoms with Gasteiger partial charge in [0, 0.05) is 29.0 Å². The fraction of sp³-hybridized carbons (Fsp3) is 0.455. The van der Waals surface area contributed by atoms with Gasteiger partial charge in [-0.15, -0.1) is 0 Å². The van der Waals surface area contributed by atoms with E-state index in [1.165, 1.54) is 0 Å². The molecule has 1 aliphatic carbocycles. The normalized spacial score (nSPS) is 21.9.